The molecule has 1 heterocycles. The zero-order valence-corrected chi connectivity index (χ0v) is 16.0. The van der Waals surface area contributed by atoms with Crippen molar-refractivity contribution in [3.05, 3.63) is 52.3 Å². The monoisotopic (exact) mass is 373 g/mol. The van der Waals surface area contributed by atoms with E-state index in [-0.39, 0.29) is 12.4 Å². The Kier molecular flexibility index (Phi) is 6.39. The zero-order chi connectivity index (χ0) is 20.1. The van der Waals surface area contributed by atoms with Crippen molar-refractivity contribution in [2.45, 2.75) is 33.8 Å². The number of ether oxygens (including phenoxy) is 3. The second-order valence-electron chi connectivity index (χ2n) is 5.99. The van der Waals surface area contributed by atoms with Gasteiger partial charge >= 0.3 is 11.9 Å². The predicted molar refractivity (Wildman–Crippen MR) is 98.4 cm³/mol. The van der Waals surface area contributed by atoms with Gasteiger partial charge in [0, 0.05) is 5.69 Å². The van der Waals surface area contributed by atoms with Crippen LogP contribution < -0.4 is 4.74 Å². The Balaban J connectivity index is 2.17. The minimum absolute atomic E-state index is 0.257. The van der Waals surface area contributed by atoms with Gasteiger partial charge in [0.1, 0.15) is 5.75 Å². The molecule has 0 aliphatic heterocycles. The highest BCUT2D eigenvalue weighted by Crippen LogP contribution is 2.22. The van der Waals surface area contributed by atoms with Gasteiger partial charge in [0.15, 0.2) is 6.10 Å². The van der Waals surface area contributed by atoms with Gasteiger partial charge in [-0.25, -0.2) is 9.59 Å². The minimum atomic E-state index is -0.791. The van der Waals surface area contributed by atoms with Crippen LogP contribution in [0.5, 0.6) is 5.75 Å². The molecule has 27 heavy (non-hydrogen) atoms. The number of ketones is 1. The number of hydrogen-bond donors (Lipinski definition) is 1. The van der Waals surface area contributed by atoms with Crippen molar-refractivity contribution in [2.24, 2.45) is 0 Å². The molecular formula is C20H23NO6. The van der Waals surface area contributed by atoms with Gasteiger partial charge in [-0.2, -0.15) is 0 Å². The maximum absolute atomic E-state index is 12.8. The molecule has 1 atom stereocenters. The lowest BCUT2D eigenvalue weighted by atomic mass is 10.1. The molecule has 0 unspecified atom stereocenters. The number of aryl methyl sites for hydroxylation is 1. The molecule has 0 fully saturated rings. The van der Waals surface area contributed by atoms with Crippen LogP contribution in [0.4, 0.5) is 0 Å². The third-order valence-corrected chi connectivity index (χ3v) is 4.12. The molecule has 0 spiro atoms. The molecule has 2 aromatic rings. The Morgan fingerprint density at radius 2 is 1.70 bits per heavy atom. The van der Waals surface area contributed by atoms with Crippen LogP contribution in [0.25, 0.3) is 0 Å². The van der Waals surface area contributed by atoms with Crippen molar-refractivity contribution in [2.75, 3.05) is 13.7 Å². The maximum Gasteiger partial charge on any atom is 0.340 e. The molecule has 1 aromatic heterocycles. The van der Waals surface area contributed by atoms with Gasteiger partial charge in [0.2, 0.25) is 5.78 Å². The number of aromatic nitrogens is 1. The first-order valence-corrected chi connectivity index (χ1v) is 8.55. The lowest BCUT2D eigenvalue weighted by molar-refractivity contribution is 0.0524. The first kappa shape index (κ1) is 20.2. The summed E-state index contributed by atoms with van der Waals surface area (Å²) in [5, 5.41) is 0. The van der Waals surface area contributed by atoms with E-state index in [0.29, 0.717) is 33.8 Å². The van der Waals surface area contributed by atoms with Crippen LogP contribution in [0.1, 0.15) is 56.3 Å². The highest BCUT2D eigenvalue weighted by Gasteiger charge is 2.26. The molecule has 1 N–H and O–H groups in total. The van der Waals surface area contributed by atoms with E-state index >= 15 is 0 Å². The van der Waals surface area contributed by atoms with E-state index in [9.17, 15) is 14.4 Å². The minimum Gasteiger partial charge on any atom is -0.483 e. The number of benzene rings is 1. The number of carbonyl (C=O) groups excluding carboxylic acids is 3. The van der Waals surface area contributed by atoms with E-state index in [1.54, 1.807) is 52.0 Å². The van der Waals surface area contributed by atoms with Crippen molar-refractivity contribution >= 4 is 17.7 Å². The summed E-state index contributed by atoms with van der Waals surface area (Å²) in [6.07, 6.45) is -0.791. The molecule has 0 aliphatic carbocycles. The largest absolute Gasteiger partial charge is 0.483 e. The third kappa shape index (κ3) is 4.36. The molecule has 144 valence electrons. The summed E-state index contributed by atoms with van der Waals surface area (Å²) in [7, 11) is 1.30. The molecule has 0 bridgehead atoms. The predicted octanol–water partition coefficient (Wildman–Crippen LogP) is 3.25. The lowest BCUT2D eigenvalue weighted by Crippen LogP contribution is -2.25. The van der Waals surface area contributed by atoms with E-state index in [4.69, 9.17) is 9.47 Å². The van der Waals surface area contributed by atoms with Crippen LogP contribution in [0.2, 0.25) is 0 Å². The third-order valence-electron chi connectivity index (χ3n) is 4.12. The second kappa shape index (κ2) is 8.53. The van der Waals surface area contributed by atoms with Gasteiger partial charge in [0.25, 0.3) is 0 Å². The fraction of sp³-hybridized carbons (Fsp3) is 0.350. The van der Waals surface area contributed by atoms with Crippen LogP contribution in [0.15, 0.2) is 24.3 Å². The standard InChI is InChI=1S/C20H23NO6/c1-6-26-20(24)16-11(2)17(21-12(16)3)18(22)13(4)27-15-9-7-14(8-10-15)19(23)25-5/h7-10,13,21H,6H2,1-5H3/t13-/m1/s1. The van der Waals surface area contributed by atoms with Crippen LogP contribution in [0.3, 0.4) is 0 Å². The first-order chi connectivity index (χ1) is 12.8. The number of rotatable bonds is 7. The SMILES string of the molecule is CCOC(=O)c1c(C)[nH]c(C(=O)[C@@H](C)Oc2ccc(C(=O)OC)cc2)c1C. The molecular weight excluding hydrogens is 350 g/mol. The van der Waals surface area contributed by atoms with E-state index in [1.807, 2.05) is 0 Å². The average Bonchev–Trinajstić information content (AvgIpc) is 2.95. The van der Waals surface area contributed by atoms with Crippen molar-refractivity contribution in [1.82, 2.24) is 4.98 Å². The van der Waals surface area contributed by atoms with Gasteiger partial charge in [-0.3, -0.25) is 4.79 Å². The topological polar surface area (TPSA) is 94.7 Å². The summed E-state index contributed by atoms with van der Waals surface area (Å²) in [6, 6.07) is 6.29. The van der Waals surface area contributed by atoms with E-state index in [0.717, 1.165) is 0 Å². The fourth-order valence-electron chi connectivity index (χ4n) is 2.75. The Labute approximate surface area is 157 Å². The van der Waals surface area contributed by atoms with E-state index in [2.05, 4.69) is 9.72 Å². The normalized spacial score (nSPS) is 11.6. The molecule has 0 saturated carbocycles. The number of esters is 2. The number of aromatic amines is 1. The van der Waals surface area contributed by atoms with E-state index < -0.39 is 18.0 Å². The number of Topliss-reactive ketones (excluding diaryl/α,β-unsaturated/α-hetero) is 1. The van der Waals surface area contributed by atoms with E-state index in [1.165, 1.54) is 7.11 Å². The van der Waals surface area contributed by atoms with Gasteiger partial charge in [-0.15, -0.1) is 0 Å². The molecule has 0 radical (unpaired) electrons. The van der Waals surface area contributed by atoms with Gasteiger partial charge < -0.3 is 19.2 Å². The van der Waals surface area contributed by atoms with Gasteiger partial charge in [-0.05, 0) is 57.5 Å². The van der Waals surface area contributed by atoms with Crippen molar-refractivity contribution in [1.29, 1.82) is 0 Å². The Bertz CT molecular complexity index is 850. The lowest BCUT2D eigenvalue weighted by Gasteiger charge is -2.14. The van der Waals surface area contributed by atoms with Crippen LogP contribution in [-0.4, -0.2) is 42.5 Å². The highest BCUT2D eigenvalue weighted by molar-refractivity contribution is 6.03. The quantitative estimate of drug-likeness (QED) is 0.591. The highest BCUT2D eigenvalue weighted by atomic mass is 16.5. The van der Waals surface area contributed by atoms with Gasteiger partial charge in [-0.1, -0.05) is 0 Å². The van der Waals surface area contributed by atoms with Crippen molar-refractivity contribution in [3.63, 3.8) is 0 Å². The number of H-pyrrole nitrogens is 1. The van der Waals surface area contributed by atoms with Gasteiger partial charge in [0.05, 0.1) is 30.5 Å². The smallest absolute Gasteiger partial charge is 0.340 e. The van der Waals surface area contributed by atoms with Crippen molar-refractivity contribution < 1.29 is 28.6 Å². The first-order valence-electron chi connectivity index (χ1n) is 8.55. The number of carbonyl (C=O) groups is 3. The summed E-state index contributed by atoms with van der Waals surface area (Å²) in [5.74, 6) is -0.761. The van der Waals surface area contributed by atoms with Crippen LogP contribution in [-0.2, 0) is 9.47 Å². The molecule has 0 saturated heterocycles. The van der Waals surface area contributed by atoms with Crippen molar-refractivity contribution in [3.8, 4) is 5.75 Å². The molecule has 0 amide bonds. The van der Waals surface area contributed by atoms with Crippen LogP contribution in [0, 0.1) is 13.8 Å². The maximum atomic E-state index is 12.8. The number of methoxy groups -OCH3 is 1. The Morgan fingerprint density at radius 3 is 2.26 bits per heavy atom. The summed E-state index contributed by atoms with van der Waals surface area (Å²) >= 11 is 0. The average molecular weight is 373 g/mol. The fourth-order valence-corrected chi connectivity index (χ4v) is 2.75. The molecule has 0 aliphatic rings. The Hall–Kier alpha value is -3.09. The summed E-state index contributed by atoms with van der Waals surface area (Å²) in [6.45, 7) is 7.01. The Morgan fingerprint density at radius 1 is 1.07 bits per heavy atom. The summed E-state index contributed by atoms with van der Waals surface area (Å²) in [4.78, 5) is 39.2. The number of nitrogens with one attached hydrogen (secondary N) is 1. The number of hydrogen-bond acceptors (Lipinski definition) is 6. The zero-order valence-electron chi connectivity index (χ0n) is 16.0. The van der Waals surface area contributed by atoms with Crippen LogP contribution >= 0.6 is 0 Å². The molecule has 7 heteroatoms. The second-order valence-corrected chi connectivity index (χ2v) is 5.99. The molecule has 7 nitrogen and oxygen atoms in total. The summed E-state index contributed by atoms with van der Waals surface area (Å²) < 4.78 is 15.4. The summed E-state index contributed by atoms with van der Waals surface area (Å²) in [5.41, 5.74) is 2.18. The molecule has 1 aromatic carbocycles. The molecule has 2 rings (SSSR count).